The highest BCUT2D eigenvalue weighted by Gasteiger charge is 2.38. The molecule has 1 amide bonds. The molecule has 2 aliphatic rings. The predicted octanol–water partition coefficient (Wildman–Crippen LogP) is 3.49. The number of hydrogen-bond acceptors (Lipinski definition) is 2. The van der Waals surface area contributed by atoms with Gasteiger partial charge in [0.05, 0.1) is 5.92 Å². The number of rotatable bonds is 5. The van der Waals surface area contributed by atoms with Crippen LogP contribution in [0.5, 0.6) is 0 Å². The molecule has 1 N–H and O–H groups in total. The Morgan fingerprint density at radius 1 is 1.07 bits per heavy atom. The number of nitrogens with one attached hydrogen (secondary N) is 1. The van der Waals surface area contributed by atoms with Gasteiger partial charge in [0.25, 0.3) is 0 Å². The van der Waals surface area contributed by atoms with Crippen LogP contribution in [0, 0.1) is 17.6 Å². The first-order valence-corrected chi connectivity index (χ1v) is 9.36. The number of hydrogen-bond donors (Lipinski definition) is 1. The summed E-state index contributed by atoms with van der Waals surface area (Å²) in [6.45, 7) is 0.350. The standard InChI is InChI=1S/C22H21F2NO2/c23-16-6-4-13(5-7-16)8-17(26)11-19-20(12-25-22(19)27)18-9-14-2-1-3-15(14)10-21(18)24/h4-7,9-10,19-20H,1-3,8,11-12H2,(H,25,27)/t19-,20-/m0/s1. The molecule has 2 aromatic rings. The average molecular weight is 369 g/mol. The molecule has 0 radical (unpaired) electrons. The summed E-state index contributed by atoms with van der Waals surface area (Å²) in [5, 5.41) is 2.78. The van der Waals surface area contributed by atoms with Gasteiger partial charge < -0.3 is 5.32 Å². The molecule has 1 saturated heterocycles. The summed E-state index contributed by atoms with van der Waals surface area (Å²) in [7, 11) is 0. The number of carbonyl (C=O) groups excluding carboxylic acids is 2. The fourth-order valence-electron chi connectivity index (χ4n) is 4.27. The van der Waals surface area contributed by atoms with Crippen molar-refractivity contribution in [1.29, 1.82) is 0 Å². The quantitative estimate of drug-likeness (QED) is 0.877. The zero-order valence-electron chi connectivity index (χ0n) is 14.9. The van der Waals surface area contributed by atoms with Crippen molar-refractivity contribution in [2.24, 2.45) is 5.92 Å². The van der Waals surface area contributed by atoms with E-state index in [1.165, 1.54) is 12.1 Å². The van der Waals surface area contributed by atoms with Crippen LogP contribution in [-0.2, 0) is 28.9 Å². The van der Waals surface area contributed by atoms with E-state index in [4.69, 9.17) is 0 Å². The predicted molar refractivity (Wildman–Crippen MR) is 97.4 cm³/mol. The molecule has 0 saturated carbocycles. The van der Waals surface area contributed by atoms with Crippen molar-refractivity contribution in [1.82, 2.24) is 5.32 Å². The van der Waals surface area contributed by atoms with Crippen molar-refractivity contribution >= 4 is 11.7 Å². The lowest BCUT2D eigenvalue weighted by Crippen LogP contribution is -2.23. The molecule has 5 heteroatoms. The molecule has 1 aliphatic heterocycles. The lowest BCUT2D eigenvalue weighted by atomic mass is 9.83. The minimum atomic E-state index is -0.563. The number of carbonyl (C=O) groups is 2. The Bertz CT molecular complexity index is 892. The van der Waals surface area contributed by atoms with E-state index in [1.54, 1.807) is 18.2 Å². The lowest BCUT2D eigenvalue weighted by molar-refractivity contribution is -0.127. The molecule has 27 heavy (non-hydrogen) atoms. The van der Waals surface area contributed by atoms with Gasteiger partial charge in [0.15, 0.2) is 0 Å². The van der Waals surface area contributed by atoms with Crippen molar-refractivity contribution < 1.29 is 18.4 Å². The second-order valence-electron chi connectivity index (χ2n) is 7.50. The first-order valence-electron chi connectivity index (χ1n) is 9.36. The Hall–Kier alpha value is -2.56. The number of fused-ring (bicyclic) bond motifs is 1. The molecule has 140 valence electrons. The summed E-state index contributed by atoms with van der Waals surface area (Å²) in [5.41, 5.74) is 3.45. The maximum absolute atomic E-state index is 14.7. The lowest BCUT2D eigenvalue weighted by Gasteiger charge is -2.18. The second kappa shape index (κ2) is 7.22. The average Bonchev–Trinajstić information content (AvgIpc) is 3.23. The van der Waals surface area contributed by atoms with Crippen LogP contribution in [0.15, 0.2) is 36.4 Å². The van der Waals surface area contributed by atoms with E-state index in [0.717, 1.165) is 30.4 Å². The number of benzene rings is 2. The highest BCUT2D eigenvalue weighted by atomic mass is 19.1. The fraction of sp³-hybridized carbons (Fsp3) is 0.364. The summed E-state index contributed by atoms with van der Waals surface area (Å²) >= 11 is 0. The molecule has 3 nitrogen and oxygen atoms in total. The molecule has 1 fully saturated rings. The van der Waals surface area contributed by atoms with Crippen LogP contribution in [0.1, 0.15) is 41.0 Å². The normalized spacial score (nSPS) is 21.2. The molecule has 0 bridgehead atoms. The van der Waals surface area contributed by atoms with Gasteiger partial charge in [-0.1, -0.05) is 18.2 Å². The largest absolute Gasteiger partial charge is 0.355 e. The Morgan fingerprint density at radius 2 is 1.78 bits per heavy atom. The van der Waals surface area contributed by atoms with E-state index in [9.17, 15) is 18.4 Å². The summed E-state index contributed by atoms with van der Waals surface area (Å²) in [6, 6.07) is 9.25. The van der Waals surface area contributed by atoms with E-state index < -0.39 is 5.92 Å². The van der Waals surface area contributed by atoms with Crippen molar-refractivity contribution in [3.63, 3.8) is 0 Å². The second-order valence-corrected chi connectivity index (χ2v) is 7.50. The minimum absolute atomic E-state index is 0.0599. The van der Waals surface area contributed by atoms with Gasteiger partial charge in [-0.15, -0.1) is 0 Å². The van der Waals surface area contributed by atoms with Gasteiger partial charge in [0.2, 0.25) is 5.91 Å². The molecule has 2 aromatic carbocycles. The molecule has 0 unspecified atom stereocenters. The van der Waals surface area contributed by atoms with E-state index in [1.807, 2.05) is 6.07 Å². The summed E-state index contributed by atoms with van der Waals surface area (Å²) in [4.78, 5) is 24.8. The van der Waals surface area contributed by atoms with Crippen molar-refractivity contribution in [3.8, 4) is 0 Å². The van der Waals surface area contributed by atoms with Gasteiger partial charge in [-0.2, -0.15) is 0 Å². The molecular formula is C22H21F2NO2. The van der Waals surface area contributed by atoms with Gasteiger partial charge >= 0.3 is 0 Å². The first kappa shape index (κ1) is 17.8. The van der Waals surface area contributed by atoms with Gasteiger partial charge in [0, 0.05) is 25.3 Å². The molecule has 0 aromatic heterocycles. The molecule has 1 heterocycles. The van der Waals surface area contributed by atoms with E-state index in [-0.39, 0.29) is 42.1 Å². The Labute approximate surface area is 156 Å². The van der Waals surface area contributed by atoms with Crippen LogP contribution in [0.3, 0.4) is 0 Å². The van der Waals surface area contributed by atoms with Crippen LogP contribution >= 0.6 is 0 Å². The van der Waals surface area contributed by atoms with Crippen molar-refractivity contribution in [3.05, 3.63) is 70.3 Å². The summed E-state index contributed by atoms with van der Waals surface area (Å²) in [6.07, 6.45) is 3.06. The Balaban J connectivity index is 1.52. The zero-order chi connectivity index (χ0) is 19.0. The van der Waals surface area contributed by atoms with Crippen LogP contribution in [0.2, 0.25) is 0 Å². The van der Waals surface area contributed by atoms with Crippen molar-refractivity contribution in [2.75, 3.05) is 6.54 Å². The Kier molecular flexibility index (Phi) is 4.77. The SMILES string of the molecule is O=C(Cc1ccc(F)cc1)C[C@@H]1C(=O)NC[C@H]1c1cc2c(cc1F)CCC2. The number of Topliss-reactive ketones (excluding diaryl/α,β-unsaturated/α-hetero) is 1. The fourth-order valence-corrected chi connectivity index (χ4v) is 4.27. The van der Waals surface area contributed by atoms with Crippen molar-refractivity contribution in [2.45, 2.75) is 38.0 Å². The molecule has 0 spiro atoms. The van der Waals surface area contributed by atoms with Crippen LogP contribution in [0.25, 0.3) is 0 Å². The van der Waals surface area contributed by atoms with Gasteiger partial charge in [-0.3, -0.25) is 9.59 Å². The highest BCUT2D eigenvalue weighted by molar-refractivity contribution is 5.90. The topological polar surface area (TPSA) is 46.2 Å². The van der Waals surface area contributed by atoms with E-state index >= 15 is 0 Å². The van der Waals surface area contributed by atoms with Crippen LogP contribution in [0.4, 0.5) is 8.78 Å². The first-order chi connectivity index (χ1) is 13.0. The van der Waals surface area contributed by atoms with Crippen LogP contribution in [-0.4, -0.2) is 18.2 Å². The Morgan fingerprint density at radius 3 is 2.52 bits per heavy atom. The zero-order valence-corrected chi connectivity index (χ0v) is 14.9. The van der Waals surface area contributed by atoms with E-state index in [2.05, 4.69) is 5.32 Å². The smallest absolute Gasteiger partial charge is 0.224 e. The van der Waals surface area contributed by atoms with Gasteiger partial charge in [-0.25, -0.2) is 8.78 Å². The third-order valence-corrected chi connectivity index (χ3v) is 5.69. The highest BCUT2D eigenvalue weighted by Crippen LogP contribution is 2.36. The third-order valence-electron chi connectivity index (χ3n) is 5.69. The van der Waals surface area contributed by atoms with E-state index in [0.29, 0.717) is 17.7 Å². The maximum atomic E-state index is 14.7. The number of amides is 1. The summed E-state index contributed by atoms with van der Waals surface area (Å²) < 4.78 is 27.7. The third kappa shape index (κ3) is 3.64. The number of halogens is 2. The molecular weight excluding hydrogens is 348 g/mol. The van der Waals surface area contributed by atoms with Gasteiger partial charge in [0.1, 0.15) is 17.4 Å². The molecule has 2 atom stereocenters. The monoisotopic (exact) mass is 369 g/mol. The number of aryl methyl sites for hydroxylation is 2. The number of ketones is 1. The minimum Gasteiger partial charge on any atom is -0.355 e. The van der Waals surface area contributed by atoms with Gasteiger partial charge in [-0.05, 0) is 59.7 Å². The maximum Gasteiger partial charge on any atom is 0.224 e. The molecule has 4 rings (SSSR count). The summed E-state index contributed by atoms with van der Waals surface area (Å²) in [5.74, 6) is -1.84. The molecule has 1 aliphatic carbocycles. The van der Waals surface area contributed by atoms with Crippen LogP contribution < -0.4 is 5.32 Å².